The molecule has 0 saturated carbocycles. The van der Waals surface area contributed by atoms with Crippen LogP contribution in [-0.4, -0.2) is 34.5 Å². The van der Waals surface area contributed by atoms with Crippen molar-refractivity contribution in [1.29, 1.82) is 0 Å². The lowest BCUT2D eigenvalue weighted by Gasteiger charge is -2.18. The Morgan fingerprint density at radius 2 is 1.76 bits per heavy atom. The Morgan fingerprint density at radius 3 is 2.41 bits per heavy atom. The van der Waals surface area contributed by atoms with Gasteiger partial charge in [0.1, 0.15) is 4.21 Å². The van der Waals surface area contributed by atoms with Crippen molar-refractivity contribution in [2.24, 2.45) is 0 Å². The summed E-state index contributed by atoms with van der Waals surface area (Å²) in [4.78, 5) is 12.2. The van der Waals surface area contributed by atoms with E-state index in [1.807, 2.05) is 30.3 Å². The number of nitrogens with one attached hydrogen (secondary N) is 1. The highest BCUT2D eigenvalue weighted by molar-refractivity contribution is 7.94. The van der Waals surface area contributed by atoms with Crippen molar-refractivity contribution in [3.05, 3.63) is 83.2 Å². The number of carbonyl (C=O) groups is 1. The van der Waals surface area contributed by atoms with E-state index in [1.54, 1.807) is 41.8 Å². The Hall–Kier alpha value is -2.68. The third kappa shape index (κ3) is 5.44. The second-order valence-corrected chi connectivity index (χ2v) is 9.39. The zero-order chi connectivity index (χ0) is 20.7. The lowest BCUT2D eigenvalue weighted by Crippen LogP contribution is -2.28. The first-order valence-corrected chi connectivity index (χ1v) is 11.3. The summed E-state index contributed by atoms with van der Waals surface area (Å²) in [5, 5.41) is 4.51. The van der Waals surface area contributed by atoms with Gasteiger partial charge >= 0.3 is 0 Å². The average Bonchev–Trinajstić information content (AvgIpc) is 3.29. The van der Waals surface area contributed by atoms with Crippen LogP contribution in [0.4, 0.5) is 5.69 Å². The number of rotatable bonds is 9. The second-order valence-electron chi connectivity index (χ2n) is 6.25. The summed E-state index contributed by atoms with van der Waals surface area (Å²) in [5.74, 6) is -0.233. The van der Waals surface area contributed by atoms with Gasteiger partial charge < -0.3 is 10.1 Å². The van der Waals surface area contributed by atoms with Gasteiger partial charge in [0.2, 0.25) is 0 Å². The number of anilines is 1. The predicted octanol–water partition coefficient (Wildman–Crippen LogP) is 3.52. The number of hydrogen-bond donors (Lipinski definition) is 1. The molecule has 1 aromatic heterocycles. The normalized spacial score (nSPS) is 11.2. The molecule has 0 fully saturated rings. The molecule has 0 aliphatic carbocycles. The van der Waals surface area contributed by atoms with E-state index in [-0.39, 0.29) is 10.1 Å². The summed E-state index contributed by atoms with van der Waals surface area (Å²) < 4.78 is 32.1. The Bertz CT molecular complexity index is 1020. The lowest BCUT2D eigenvalue weighted by molar-refractivity contribution is 0.0901. The van der Waals surface area contributed by atoms with Crippen molar-refractivity contribution in [3.8, 4) is 0 Å². The molecule has 152 valence electrons. The number of nitrogens with zero attached hydrogens (tertiary/aromatic N) is 1. The minimum atomic E-state index is -3.59. The van der Waals surface area contributed by atoms with Crippen molar-refractivity contribution in [1.82, 2.24) is 5.32 Å². The first kappa shape index (κ1) is 21.0. The topological polar surface area (TPSA) is 75.7 Å². The summed E-state index contributed by atoms with van der Waals surface area (Å²) in [6, 6.07) is 19.5. The zero-order valence-corrected chi connectivity index (χ0v) is 17.6. The maximum absolute atomic E-state index is 12.6. The zero-order valence-electron chi connectivity index (χ0n) is 15.9. The number of ether oxygens (including phenoxy) is 1. The summed E-state index contributed by atoms with van der Waals surface area (Å²) in [7, 11) is -2.10. The molecule has 2 aromatic carbocycles. The van der Waals surface area contributed by atoms with Gasteiger partial charge in [-0.25, -0.2) is 8.42 Å². The molecule has 29 heavy (non-hydrogen) atoms. The molecule has 1 N–H and O–H groups in total. The molecule has 0 saturated heterocycles. The molecule has 0 spiro atoms. The monoisotopic (exact) mass is 430 g/mol. The van der Waals surface area contributed by atoms with Crippen molar-refractivity contribution < 1.29 is 17.9 Å². The van der Waals surface area contributed by atoms with Crippen LogP contribution in [0, 0.1) is 0 Å². The van der Waals surface area contributed by atoms with Crippen LogP contribution in [0.5, 0.6) is 0 Å². The molecule has 0 aliphatic heterocycles. The largest absolute Gasteiger partial charge is 0.375 e. The first-order chi connectivity index (χ1) is 14.0. The smallest absolute Gasteiger partial charge is 0.273 e. The molecular formula is C21H22N2O4S2. The SMILES string of the molecule is CN(c1ccc(C(=O)NCCOCc2ccccc2)cc1)S(=O)(=O)c1cccs1. The fourth-order valence-corrected chi connectivity index (χ4v) is 4.97. The van der Waals surface area contributed by atoms with Gasteiger partial charge in [0.15, 0.2) is 0 Å². The number of hydrogen-bond acceptors (Lipinski definition) is 5. The molecular weight excluding hydrogens is 408 g/mol. The van der Waals surface area contributed by atoms with Gasteiger partial charge in [-0.05, 0) is 41.3 Å². The third-order valence-electron chi connectivity index (χ3n) is 4.25. The van der Waals surface area contributed by atoms with E-state index in [9.17, 15) is 13.2 Å². The van der Waals surface area contributed by atoms with Crippen molar-refractivity contribution >= 4 is 33.0 Å². The summed E-state index contributed by atoms with van der Waals surface area (Å²) in [6.07, 6.45) is 0. The molecule has 6 nitrogen and oxygen atoms in total. The standard InChI is InChI=1S/C21H22N2O4S2/c1-23(29(25,26)20-8-5-15-28-20)19-11-9-18(10-12-19)21(24)22-13-14-27-16-17-6-3-2-4-7-17/h2-12,15H,13-14,16H2,1H3,(H,22,24). The van der Waals surface area contributed by atoms with Crippen molar-refractivity contribution in [2.75, 3.05) is 24.5 Å². The molecule has 3 rings (SSSR count). The van der Waals surface area contributed by atoms with E-state index in [0.29, 0.717) is 31.0 Å². The Labute approximate surface area is 174 Å². The van der Waals surface area contributed by atoms with Crippen LogP contribution in [0.3, 0.4) is 0 Å². The van der Waals surface area contributed by atoms with Gasteiger partial charge in [-0.15, -0.1) is 11.3 Å². The number of sulfonamides is 1. The Kier molecular flexibility index (Phi) is 7.03. The molecule has 8 heteroatoms. The van der Waals surface area contributed by atoms with Gasteiger partial charge in [0.05, 0.1) is 18.9 Å². The fraction of sp³-hybridized carbons (Fsp3) is 0.190. The van der Waals surface area contributed by atoms with Gasteiger partial charge in [0.25, 0.3) is 15.9 Å². The predicted molar refractivity (Wildman–Crippen MR) is 115 cm³/mol. The molecule has 0 radical (unpaired) electrons. The van der Waals surface area contributed by atoms with E-state index in [4.69, 9.17) is 4.74 Å². The van der Waals surface area contributed by atoms with Gasteiger partial charge in [0, 0.05) is 19.2 Å². The highest BCUT2D eigenvalue weighted by Gasteiger charge is 2.22. The Balaban J connectivity index is 1.49. The summed E-state index contributed by atoms with van der Waals surface area (Å²) in [5.41, 5.74) is 2.02. The molecule has 0 atom stereocenters. The van der Waals surface area contributed by atoms with Crippen LogP contribution in [-0.2, 0) is 21.4 Å². The highest BCUT2D eigenvalue weighted by atomic mass is 32.2. The highest BCUT2D eigenvalue weighted by Crippen LogP contribution is 2.25. The van der Waals surface area contributed by atoms with Crippen LogP contribution in [0.15, 0.2) is 76.3 Å². The number of amides is 1. The van der Waals surface area contributed by atoms with Crippen LogP contribution in [0.25, 0.3) is 0 Å². The Morgan fingerprint density at radius 1 is 1.03 bits per heavy atom. The van der Waals surface area contributed by atoms with Gasteiger partial charge in [-0.2, -0.15) is 0 Å². The van der Waals surface area contributed by atoms with Crippen LogP contribution < -0.4 is 9.62 Å². The third-order valence-corrected chi connectivity index (χ3v) is 7.41. The van der Waals surface area contributed by atoms with E-state index < -0.39 is 10.0 Å². The molecule has 0 unspecified atom stereocenters. The molecule has 1 amide bonds. The minimum Gasteiger partial charge on any atom is -0.375 e. The molecule has 0 bridgehead atoms. The van der Waals surface area contributed by atoms with E-state index in [1.165, 1.54) is 22.7 Å². The van der Waals surface area contributed by atoms with Gasteiger partial charge in [-0.3, -0.25) is 9.10 Å². The second kappa shape index (κ2) is 9.69. The molecule has 3 aromatic rings. The number of benzene rings is 2. The maximum Gasteiger partial charge on any atom is 0.273 e. The minimum absolute atomic E-state index is 0.233. The van der Waals surface area contributed by atoms with E-state index in [2.05, 4.69) is 5.32 Å². The van der Waals surface area contributed by atoms with E-state index >= 15 is 0 Å². The lowest BCUT2D eigenvalue weighted by atomic mass is 10.2. The van der Waals surface area contributed by atoms with Crippen LogP contribution in [0.2, 0.25) is 0 Å². The maximum atomic E-state index is 12.6. The first-order valence-electron chi connectivity index (χ1n) is 9.01. The summed E-state index contributed by atoms with van der Waals surface area (Å²) in [6.45, 7) is 1.29. The average molecular weight is 431 g/mol. The van der Waals surface area contributed by atoms with E-state index in [0.717, 1.165) is 5.56 Å². The fourth-order valence-electron chi connectivity index (χ4n) is 2.61. The molecule has 0 aliphatic rings. The van der Waals surface area contributed by atoms with Gasteiger partial charge in [-0.1, -0.05) is 36.4 Å². The summed E-state index contributed by atoms with van der Waals surface area (Å²) >= 11 is 1.17. The number of thiophene rings is 1. The number of carbonyl (C=O) groups excluding carboxylic acids is 1. The van der Waals surface area contributed by atoms with Crippen LogP contribution in [0.1, 0.15) is 15.9 Å². The van der Waals surface area contributed by atoms with Crippen molar-refractivity contribution in [2.45, 2.75) is 10.8 Å². The van der Waals surface area contributed by atoms with Crippen LogP contribution >= 0.6 is 11.3 Å². The molecule has 1 heterocycles. The quantitative estimate of drug-likeness (QED) is 0.527. The van der Waals surface area contributed by atoms with Crippen molar-refractivity contribution in [3.63, 3.8) is 0 Å².